The van der Waals surface area contributed by atoms with Crippen molar-refractivity contribution in [3.63, 3.8) is 0 Å². The third kappa shape index (κ3) is 4.28. The molecule has 1 aromatic heterocycles. The van der Waals surface area contributed by atoms with Crippen LogP contribution in [0.15, 0.2) is 152 Å². The van der Waals surface area contributed by atoms with Crippen LogP contribution < -0.4 is 10.2 Å². The van der Waals surface area contributed by atoms with Gasteiger partial charge in [-0.05, 0) is 46.2 Å². The Bertz CT molecular complexity index is 2310. The minimum Gasteiger partial charge on any atom is -0.359 e. The summed E-state index contributed by atoms with van der Waals surface area (Å²) in [6, 6.07) is 44.2. The number of nitrogens with zero attached hydrogens (tertiary/aromatic N) is 4. The minimum absolute atomic E-state index is 0.102. The maximum Gasteiger partial charge on any atom is 0.164 e. The van der Waals surface area contributed by atoms with E-state index in [2.05, 4.69) is 126 Å². The van der Waals surface area contributed by atoms with E-state index < -0.39 is 0 Å². The number of rotatable bonds is 4. The lowest BCUT2D eigenvalue weighted by molar-refractivity contribution is 0.910. The van der Waals surface area contributed by atoms with Crippen LogP contribution in [0.1, 0.15) is 0 Å². The molecular weight excluding hydrogens is 550 g/mol. The van der Waals surface area contributed by atoms with Crippen molar-refractivity contribution in [2.45, 2.75) is 6.17 Å². The van der Waals surface area contributed by atoms with Crippen molar-refractivity contribution < 1.29 is 0 Å². The molecule has 1 N–H and O–H groups in total. The second-order valence-electron chi connectivity index (χ2n) is 11.4. The molecule has 0 radical (unpaired) electrons. The molecule has 1 atom stereocenters. The molecule has 0 bridgehead atoms. The van der Waals surface area contributed by atoms with Crippen LogP contribution in [-0.4, -0.2) is 21.1 Å². The van der Waals surface area contributed by atoms with Crippen LogP contribution in [0.2, 0.25) is 0 Å². The first-order valence-electron chi connectivity index (χ1n) is 15.2. The molecule has 0 spiro atoms. The van der Waals surface area contributed by atoms with Gasteiger partial charge in [-0.25, -0.2) is 15.0 Å². The van der Waals surface area contributed by atoms with Crippen molar-refractivity contribution in [3.8, 4) is 45.3 Å². The third-order valence-corrected chi connectivity index (χ3v) is 8.65. The van der Waals surface area contributed by atoms with Crippen molar-refractivity contribution in [2.75, 3.05) is 10.2 Å². The van der Waals surface area contributed by atoms with Gasteiger partial charge in [0.25, 0.3) is 0 Å². The highest BCUT2D eigenvalue weighted by Gasteiger charge is 2.30. The molecule has 2 aliphatic heterocycles. The lowest BCUT2D eigenvalue weighted by atomic mass is 9.96. The standard InChI is InChI=1S/C40H27N5/c1-3-12-26(13-4-1)28-16-11-17-29(24-28)39-42-38(27-14-5-2-6-15-27)43-40(44-39)30-21-22-33-34(25-30)31-18-7-8-19-32(31)36-37(33)45-23-10-9-20-35(45)41-36/h1-25,35,41H. The van der Waals surface area contributed by atoms with Crippen LogP contribution in [0.5, 0.6) is 0 Å². The quantitative estimate of drug-likeness (QED) is 0.211. The minimum atomic E-state index is 0.102. The third-order valence-electron chi connectivity index (χ3n) is 8.65. The fourth-order valence-corrected chi connectivity index (χ4v) is 6.52. The Morgan fingerprint density at radius 3 is 1.87 bits per heavy atom. The summed E-state index contributed by atoms with van der Waals surface area (Å²) < 4.78 is 0. The summed E-state index contributed by atoms with van der Waals surface area (Å²) >= 11 is 0. The number of nitrogens with one attached hydrogen (secondary N) is 1. The summed E-state index contributed by atoms with van der Waals surface area (Å²) in [5.41, 5.74) is 7.48. The van der Waals surface area contributed by atoms with Crippen LogP contribution in [0, 0.1) is 0 Å². The van der Waals surface area contributed by atoms with Crippen molar-refractivity contribution >= 4 is 32.9 Å². The van der Waals surface area contributed by atoms with E-state index in [1.54, 1.807) is 0 Å². The zero-order chi connectivity index (χ0) is 29.7. The van der Waals surface area contributed by atoms with E-state index in [1.807, 2.05) is 36.4 Å². The van der Waals surface area contributed by atoms with Crippen molar-refractivity contribution in [3.05, 3.63) is 152 Å². The number of anilines is 2. The highest BCUT2D eigenvalue weighted by molar-refractivity contribution is 6.22. The van der Waals surface area contributed by atoms with E-state index in [0.717, 1.165) is 27.8 Å². The lowest BCUT2D eigenvalue weighted by Gasteiger charge is -2.23. The number of aromatic nitrogens is 3. The molecule has 0 amide bonds. The molecule has 5 heteroatoms. The Kier molecular flexibility index (Phi) is 5.81. The topological polar surface area (TPSA) is 53.9 Å². The number of hydrogen-bond donors (Lipinski definition) is 1. The van der Waals surface area contributed by atoms with Gasteiger partial charge in [-0.15, -0.1) is 0 Å². The van der Waals surface area contributed by atoms with Crippen LogP contribution in [0.4, 0.5) is 11.4 Å². The summed E-state index contributed by atoms with van der Waals surface area (Å²) in [5.74, 6) is 1.94. The Morgan fingerprint density at radius 2 is 1.09 bits per heavy atom. The predicted molar refractivity (Wildman–Crippen MR) is 185 cm³/mol. The molecule has 0 saturated carbocycles. The van der Waals surface area contributed by atoms with E-state index in [-0.39, 0.29) is 6.17 Å². The molecule has 45 heavy (non-hydrogen) atoms. The van der Waals surface area contributed by atoms with Gasteiger partial charge in [0.1, 0.15) is 6.17 Å². The van der Waals surface area contributed by atoms with Crippen LogP contribution in [-0.2, 0) is 0 Å². The first-order valence-corrected chi connectivity index (χ1v) is 15.2. The second kappa shape index (κ2) is 10.3. The highest BCUT2D eigenvalue weighted by atomic mass is 15.3. The number of fused-ring (bicyclic) bond motifs is 8. The van der Waals surface area contributed by atoms with Gasteiger partial charge in [0.05, 0.1) is 11.4 Å². The van der Waals surface area contributed by atoms with Gasteiger partial charge in [0.15, 0.2) is 17.5 Å². The number of benzene rings is 6. The van der Waals surface area contributed by atoms with Gasteiger partial charge in [-0.1, -0.05) is 121 Å². The van der Waals surface area contributed by atoms with Crippen LogP contribution in [0.25, 0.3) is 66.8 Å². The fraction of sp³-hybridized carbons (Fsp3) is 0.0250. The monoisotopic (exact) mass is 577 g/mol. The van der Waals surface area contributed by atoms with Crippen molar-refractivity contribution in [2.24, 2.45) is 0 Å². The highest BCUT2D eigenvalue weighted by Crippen LogP contribution is 2.48. The molecule has 7 aromatic rings. The van der Waals surface area contributed by atoms with E-state index in [1.165, 1.54) is 32.9 Å². The summed E-state index contributed by atoms with van der Waals surface area (Å²) in [6.07, 6.45) is 8.64. The maximum atomic E-state index is 5.09. The molecule has 6 aromatic carbocycles. The molecule has 2 aliphatic rings. The average molecular weight is 578 g/mol. The van der Waals surface area contributed by atoms with Crippen LogP contribution in [0.3, 0.4) is 0 Å². The molecule has 1 unspecified atom stereocenters. The molecule has 212 valence electrons. The molecule has 0 fully saturated rings. The number of hydrogen-bond acceptors (Lipinski definition) is 5. The molecule has 9 rings (SSSR count). The fourth-order valence-electron chi connectivity index (χ4n) is 6.52. The van der Waals surface area contributed by atoms with Gasteiger partial charge in [-0.2, -0.15) is 0 Å². The normalized spacial score (nSPS) is 14.8. The van der Waals surface area contributed by atoms with Crippen molar-refractivity contribution in [1.82, 2.24) is 15.0 Å². The van der Waals surface area contributed by atoms with Gasteiger partial charge < -0.3 is 10.2 Å². The second-order valence-corrected chi connectivity index (χ2v) is 11.4. The first-order chi connectivity index (χ1) is 22.3. The molecule has 5 nitrogen and oxygen atoms in total. The summed E-state index contributed by atoms with van der Waals surface area (Å²) in [5, 5.41) is 8.50. The lowest BCUT2D eigenvalue weighted by Crippen LogP contribution is -2.30. The number of allylic oxidation sites excluding steroid dienone is 2. The Morgan fingerprint density at radius 1 is 0.467 bits per heavy atom. The van der Waals surface area contributed by atoms with E-state index >= 15 is 0 Å². The Hall–Kier alpha value is -6.07. The summed E-state index contributed by atoms with van der Waals surface area (Å²) in [4.78, 5) is 17.4. The van der Waals surface area contributed by atoms with Crippen LogP contribution >= 0.6 is 0 Å². The Balaban J connectivity index is 1.25. The molecular formula is C40H27N5. The van der Waals surface area contributed by atoms with E-state index in [0.29, 0.717) is 17.5 Å². The average Bonchev–Trinajstić information content (AvgIpc) is 3.52. The van der Waals surface area contributed by atoms with Gasteiger partial charge in [0, 0.05) is 33.7 Å². The van der Waals surface area contributed by atoms with Gasteiger partial charge >= 0.3 is 0 Å². The smallest absolute Gasteiger partial charge is 0.164 e. The van der Waals surface area contributed by atoms with Gasteiger partial charge in [0.2, 0.25) is 0 Å². The molecule has 3 heterocycles. The SMILES string of the molecule is C1=CC2Nc3c(c4ccc(-c5nc(-c6ccccc6)nc(-c6cccc(-c7ccccc7)c6)n5)cc4c4ccccc34)N2C=C1. The molecule has 0 aliphatic carbocycles. The summed E-state index contributed by atoms with van der Waals surface area (Å²) in [6.45, 7) is 0. The summed E-state index contributed by atoms with van der Waals surface area (Å²) in [7, 11) is 0. The molecule has 0 saturated heterocycles. The zero-order valence-corrected chi connectivity index (χ0v) is 24.3. The van der Waals surface area contributed by atoms with Crippen molar-refractivity contribution in [1.29, 1.82) is 0 Å². The van der Waals surface area contributed by atoms with E-state index in [9.17, 15) is 0 Å². The predicted octanol–water partition coefficient (Wildman–Crippen LogP) is 9.49. The largest absolute Gasteiger partial charge is 0.359 e. The Labute approximate surface area is 260 Å². The first kappa shape index (κ1) is 25.4. The van der Waals surface area contributed by atoms with E-state index in [4.69, 9.17) is 15.0 Å². The zero-order valence-electron chi connectivity index (χ0n) is 24.3. The van der Waals surface area contributed by atoms with Gasteiger partial charge in [-0.3, -0.25) is 0 Å². The maximum absolute atomic E-state index is 5.09.